The minimum Gasteiger partial charge on any atom is -0.419 e. The van der Waals surface area contributed by atoms with Crippen LogP contribution in [0.4, 0.5) is 0 Å². The lowest BCUT2D eigenvalue weighted by Crippen LogP contribution is -2.25. The molecule has 2 aromatic rings. The first-order chi connectivity index (χ1) is 13.2. The highest BCUT2D eigenvalue weighted by atomic mass is 32.1. The van der Waals surface area contributed by atoms with Crippen molar-refractivity contribution >= 4 is 43.6 Å². The molecule has 0 amide bonds. The summed E-state index contributed by atoms with van der Waals surface area (Å²) in [4.78, 5) is 4.53. The van der Waals surface area contributed by atoms with Crippen molar-refractivity contribution in [1.82, 2.24) is 27.3 Å². The summed E-state index contributed by atoms with van der Waals surface area (Å²) in [6, 6.07) is 0. The predicted octanol–water partition coefficient (Wildman–Crippen LogP) is 2.79. The van der Waals surface area contributed by atoms with E-state index in [0.717, 1.165) is 85.0 Å². The maximum Gasteiger partial charge on any atom is 0.278 e. The highest BCUT2D eigenvalue weighted by molar-refractivity contribution is 7.27. The molecule has 0 aliphatic carbocycles. The number of hydrogen-bond acceptors (Lipinski definition) is 10. The second-order valence-electron chi connectivity index (χ2n) is 6.64. The maximum atomic E-state index is 5.79. The quantitative estimate of drug-likeness (QED) is 0.656. The van der Waals surface area contributed by atoms with Gasteiger partial charge in [0.2, 0.25) is 0 Å². The number of nitrogens with zero attached hydrogens (tertiary/aromatic N) is 6. The molecular formula is C16H21N6O2PS2. The molecule has 8 nitrogen and oxygen atoms in total. The molecule has 0 aromatic carbocycles. The average Bonchev–Trinajstić information content (AvgIpc) is 3.31. The van der Waals surface area contributed by atoms with Gasteiger partial charge in [0.15, 0.2) is 0 Å². The highest BCUT2D eigenvalue weighted by Crippen LogP contribution is 2.34. The molecule has 0 radical (unpaired) electrons. The Labute approximate surface area is 168 Å². The maximum absolute atomic E-state index is 5.79. The first-order valence-electron chi connectivity index (χ1n) is 8.70. The van der Waals surface area contributed by atoms with Crippen LogP contribution in [-0.2, 0) is 0 Å². The summed E-state index contributed by atoms with van der Waals surface area (Å²) in [5, 5.41) is 0. The Kier molecular flexibility index (Phi) is 6.09. The standard InChI is InChI=1S/C16H21N6O2PS2/c1-21-7-3-5-11(9-21)13-15(19-26-17-13)23-25-24-16-14(18-27-20-16)12-6-4-8-22(2)10-12/h5-6,25H,3-4,7-10H2,1-2H3. The van der Waals surface area contributed by atoms with Crippen molar-refractivity contribution in [2.75, 3.05) is 40.3 Å². The summed E-state index contributed by atoms with van der Waals surface area (Å²) in [6.45, 7) is 3.83. The van der Waals surface area contributed by atoms with E-state index in [9.17, 15) is 0 Å². The van der Waals surface area contributed by atoms with Crippen LogP contribution in [0.5, 0.6) is 11.8 Å². The van der Waals surface area contributed by atoms with E-state index in [2.05, 4.69) is 53.5 Å². The van der Waals surface area contributed by atoms with Gasteiger partial charge >= 0.3 is 0 Å². The van der Waals surface area contributed by atoms with Crippen LogP contribution in [0.1, 0.15) is 24.2 Å². The van der Waals surface area contributed by atoms with Crippen LogP contribution in [-0.4, -0.2) is 67.6 Å². The zero-order chi connectivity index (χ0) is 18.6. The van der Waals surface area contributed by atoms with Gasteiger partial charge in [-0.05, 0) is 38.1 Å². The second-order valence-corrected chi connectivity index (χ2v) is 8.27. The third-order valence-electron chi connectivity index (χ3n) is 4.49. The van der Waals surface area contributed by atoms with Crippen LogP contribution in [0, 0.1) is 0 Å². The van der Waals surface area contributed by atoms with Crippen LogP contribution >= 0.6 is 32.5 Å². The lowest BCUT2D eigenvalue weighted by Gasteiger charge is -2.22. The van der Waals surface area contributed by atoms with Gasteiger partial charge in [-0.1, -0.05) is 12.2 Å². The van der Waals surface area contributed by atoms with Gasteiger partial charge in [-0.15, -0.1) is 8.75 Å². The van der Waals surface area contributed by atoms with E-state index in [1.807, 2.05) is 0 Å². The molecule has 27 heavy (non-hydrogen) atoms. The summed E-state index contributed by atoms with van der Waals surface area (Å²) in [5.41, 5.74) is 3.94. The molecule has 0 bridgehead atoms. The van der Waals surface area contributed by atoms with Crippen molar-refractivity contribution in [1.29, 1.82) is 0 Å². The summed E-state index contributed by atoms with van der Waals surface area (Å²) >= 11 is 2.32. The lowest BCUT2D eigenvalue weighted by molar-refractivity contribution is 0.371. The summed E-state index contributed by atoms with van der Waals surface area (Å²) < 4.78 is 29.0. The van der Waals surface area contributed by atoms with Crippen molar-refractivity contribution in [2.24, 2.45) is 0 Å². The molecule has 0 saturated heterocycles. The third kappa shape index (κ3) is 4.52. The van der Waals surface area contributed by atoms with Gasteiger partial charge in [0.05, 0.1) is 23.5 Å². The van der Waals surface area contributed by atoms with Crippen LogP contribution in [0.15, 0.2) is 12.2 Å². The fourth-order valence-corrected chi connectivity index (χ4v) is 4.77. The topological polar surface area (TPSA) is 76.5 Å². The largest absolute Gasteiger partial charge is 0.419 e. The molecule has 2 aromatic heterocycles. The minimum absolute atomic E-state index is 0.243. The first kappa shape index (κ1) is 18.9. The minimum atomic E-state index is -0.243. The van der Waals surface area contributed by atoms with Gasteiger partial charge in [0, 0.05) is 26.2 Å². The molecule has 144 valence electrons. The molecule has 2 aliphatic heterocycles. The Morgan fingerprint density at radius 1 is 0.815 bits per heavy atom. The van der Waals surface area contributed by atoms with E-state index in [1.165, 1.54) is 0 Å². The zero-order valence-electron chi connectivity index (χ0n) is 15.2. The average molecular weight is 424 g/mol. The molecule has 0 saturated carbocycles. The number of rotatable bonds is 6. The van der Waals surface area contributed by atoms with E-state index in [0.29, 0.717) is 11.8 Å². The lowest BCUT2D eigenvalue weighted by atomic mass is 10.1. The van der Waals surface area contributed by atoms with Crippen LogP contribution in [0.25, 0.3) is 11.1 Å². The number of likely N-dealkylation sites (N-methyl/N-ethyl adjacent to an activating group) is 2. The third-order valence-corrected chi connectivity index (χ3v) is 6.06. The SMILES string of the molecule is CN1CCC=C(c2nsnc2OPOc2nsnc2C2=CCCN(C)C2)C1. The molecule has 0 fully saturated rings. The van der Waals surface area contributed by atoms with Gasteiger partial charge in [0.25, 0.3) is 20.8 Å². The van der Waals surface area contributed by atoms with E-state index in [-0.39, 0.29) is 9.03 Å². The molecule has 4 heterocycles. The monoisotopic (exact) mass is 424 g/mol. The Morgan fingerprint density at radius 3 is 1.74 bits per heavy atom. The summed E-state index contributed by atoms with van der Waals surface area (Å²) in [6.07, 6.45) is 6.45. The Morgan fingerprint density at radius 2 is 1.30 bits per heavy atom. The molecule has 4 rings (SSSR count). The van der Waals surface area contributed by atoms with Gasteiger partial charge in [0.1, 0.15) is 11.4 Å². The van der Waals surface area contributed by atoms with Crippen molar-refractivity contribution in [3.8, 4) is 11.8 Å². The molecule has 0 N–H and O–H groups in total. The molecule has 0 spiro atoms. The van der Waals surface area contributed by atoms with Gasteiger partial charge in [-0.25, -0.2) is 0 Å². The van der Waals surface area contributed by atoms with Crippen molar-refractivity contribution in [3.05, 3.63) is 23.5 Å². The van der Waals surface area contributed by atoms with Crippen molar-refractivity contribution in [2.45, 2.75) is 12.8 Å². The fourth-order valence-electron chi connectivity index (χ4n) is 3.12. The Balaban J connectivity index is 1.39. The summed E-state index contributed by atoms with van der Waals surface area (Å²) in [7, 11) is 3.96. The normalized spacial score (nSPS) is 18.9. The van der Waals surface area contributed by atoms with Crippen LogP contribution in [0.3, 0.4) is 0 Å². The van der Waals surface area contributed by atoms with E-state index in [4.69, 9.17) is 9.05 Å². The zero-order valence-corrected chi connectivity index (χ0v) is 17.8. The van der Waals surface area contributed by atoms with Gasteiger partial charge in [-0.3, -0.25) is 0 Å². The molecule has 0 unspecified atom stereocenters. The molecule has 11 heteroatoms. The van der Waals surface area contributed by atoms with E-state index >= 15 is 0 Å². The molecule has 2 aliphatic rings. The van der Waals surface area contributed by atoms with Crippen LogP contribution in [0.2, 0.25) is 0 Å². The predicted molar refractivity (Wildman–Crippen MR) is 110 cm³/mol. The van der Waals surface area contributed by atoms with Crippen molar-refractivity contribution < 1.29 is 9.05 Å². The summed E-state index contributed by atoms with van der Waals surface area (Å²) in [5.74, 6) is 1.06. The first-order valence-corrected chi connectivity index (χ1v) is 11.0. The molecular weight excluding hydrogens is 403 g/mol. The number of aromatic nitrogens is 4. The Hall–Kier alpha value is -1.45. The Bertz CT molecular complexity index is 783. The smallest absolute Gasteiger partial charge is 0.278 e. The van der Waals surface area contributed by atoms with Gasteiger partial charge < -0.3 is 18.8 Å². The van der Waals surface area contributed by atoms with Crippen LogP contribution < -0.4 is 9.05 Å². The fraction of sp³-hybridized carbons (Fsp3) is 0.500. The second kappa shape index (κ2) is 8.70. The van der Waals surface area contributed by atoms with Crippen molar-refractivity contribution in [3.63, 3.8) is 0 Å². The van der Waals surface area contributed by atoms with E-state index < -0.39 is 0 Å². The van der Waals surface area contributed by atoms with E-state index in [1.54, 1.807) is 0 Å². The molecule has 0 atom stereocenters. The van der Waals surface area contributed by atoms with Gasteiger partial charge in [-0.2, -0.15) is 8.75 Å². The highest BCUT2D eigenvalue weighted by Gasteiger charge is 2.21. The number of hydrogen-bond donors (Lipinski definition) is 0.